The Balaban J connectivity index is 1.69. The maximum absolute atomic E-state index is 13.6. The van der Waals surface area contributed by atoms with Crippen LogP contribution in [-0.4, -0.2) is 37.5 Å². The van der Waals surface area contributed by atoms with Crippen LogP contribution in [0.15, 0.2) is 47.2 Å². The van der Waals surface area contributed by atoms with E-state index in [0.717, 1.165) is 27.3 Å². The fourth-order valence-electron chi connectivity index (χ4n) is 4.22. The van der Waals surface area contributed by atoms with Crippen molar-refractivity contribution >= 4 is 34.5 Å². The molecule has 2 aromatic heterocycles. The Morgan fingerprint density at radius 2 is 1.84 bits per heavy atom. The van der Waals surface area contributed by atoms with Crippen molar-refractivity contribution in [3.8, 4) is 11.5 Å². The van der Waals surface area contributed by atoms with E-state index >= 15 is 0 Å². The molecule has 3 aromatic rings. The van der Waals surface area contributed by atoms with Crippen molar-refractivity contribution in [2.24, 2.45) is 0 Å². The van der Waals surface area contributed by atoms with Gasteiger partial charge in [-0.15, -0.1) is 22.7 Å². The van der Waals surface area contributed by atoms with Gasteiger partial charge in [0.1, 0.15) is 0 Å². The van der Waals surface area contributed by atoms with Crippen LogP contribution in [0.4, 0.5) is 0 Å². The molecule has 32 heavy (non-hydrogen) atoms. The van der Waals surface area contributed by atoms with Crippen molar-refractivity contribution in [2.75, 3.05) is 20.8 Å². The van der Waals surface area contributed by atoms with Crippen molar-refractivity contribution in [3.63, 3.8) is 0 Å². The zero-order chi connectivity index (χ0) is 22.7. The van der Waals surface area contributed by atoms with Crippen LogP contribution in [0.2, 0.25) is 0 Å². The van der Waals surface area contributed by atoms with Crippen LogP contribution in [0, 0.1) is 0 Å². The fraction of sp³-hybridized carbons (Fsp3) is 0.333. The van der Waals surface area contributed by atoms with Crippen LogP contribution < -0.4 is 14.8 Å². The number of fused-ring (bicyclic) bond motifs is 1. The highest BCUT2D eigenvalue weighted by molar-refractivity contribution is 7.10. The third kappa shape index (κ3) is 4.52. The number of carbonyl (C=O) groups excluding carboxylic acids is 2. The van der Waals surface area contributed by atoms with Crippen molar-refractivity contribution in [3.05, 3.63) is 68.0 Å². The highest BCUT2D eigenvalue weighted by Gasteiger charge is 2.35. The number of nitrogens with zero attached hydrogens (tertiary/aromatic N) is 1. The third-order valence-corrected chi connectivity index (χ3v) is 7.56. The van der Waals surface area contributed by atoms with Gasteiger partial charge in [-0.3, -0.25) is 9.59 Å². The number of methoxy groups -OCH3 is 2. The molecule has 0 saturated carbocycles. The summed E-state index contributed by atoms with van der Waals surface area (Å²) in [5, 5.41) is 6.93. The van der Waals surface area contributed by atoms with Crippen LogP contribution in [0.25, 0.3) is 0 Å². The molecule has 4 rings (SSSR count). The van der Waals surface area contributed by atoms with Gasteiger partial charge in [0.15, 0.2) is 11.5 Å². The first-order valence-corrected chi connectivity index (χ1v) is 12.2. The summed E-state index contributed by atoms with van der Waals surface area (Å²) in [5.74, 6) is 1.21. The van der Waals surface area contributed by atoms with Crippen molar-refractivity contribution in [2.45, 2.75) is 31.8 Å². The summed E-state index contributed by atoms with van der Waals surface area (Å²) in [5.41, 5.74) is 2.21. The van der Waals surface area contributed by atoms with Gasteiger partial charge in [0, 0.05) is 23.2 Å². The van der Waals surface area contributed by atoms with Crippen molar-refractivity contribution < 1.29 is 19.1 Å². The Hall–Kier alpha value is -2.84. The lowest BCUT2D eigenvalue weighted by Crippen LogP contribution is -2.42. The second-order valence-corrected chi connectivity index (χ2v) is 9.59. The number of hydrogen-bond acceptors (Lipinski definition) is 6. The minimum Gasteiger partial charge on any atom is -0.493 e. The van der Waals surface area contributed by atoms with Crippen LogP contribution in [0.5, 0.6) is 11.5 Å². The van der Waals surface area contributed by atoms with E-state index in [2.05, 4.69) is 11.4 Å². The minimum atomic E-state index is -0.337. The SMILES string of the molecule is COc1cc2c(cc1OC)[C@@H](c1cccs1)N(C(=O)C[C@H](NC(C)=O)c1cccs1)CC2. The molecule has 0 bridgehead atoms. The van der Waals surface area contributed by atoms with Gasteiger partial charge in [-0.05, 0) is 52.6 Å². The molecule has 1 aromatic carbocycles. The zero-order valence-electron chi connectivity index (χ0n) is 18.3. The summed E-state index contributed by atoms with van der Waals surface area (Å²) in [6.45, 7) is 2.08. The molecule has 0 unspecified atom stereocenters. The molecule has 8 heteroatoms. The van der Waals surface area contributed by atoms with E-state index in [1.165, 1.54) is 6.92 Å². The summed E-state index contributed by atoms with van der Waals surface area (Å²) in [7, 11) is 3.25. The van der Waals surface area contributed by atoms with Gasteiger partial charge < -0.3 is 19.7 Å². The van der Waals surface area contributed by atoms with Gasteiger partial charge in [-0.2, -0.15) is 0 Å². The largest absolute Gasteiger partial charge is 0.493 e. The van der Waals surface area contributed by atoms with Crippen LogP contribution in [0.1, 0.15) is 46.3 Å². The number of nitrogens with one attached hydrogen (secondary N) is 1. The van der Waals surface area contributed by atoms with Crippen LogP contribution >= 0.6 is 22.7 Å². The summed E-state index contributed by atoms with van der Waals surface area (Å²) < 4.78 is 11.0. The first-order valence-electron chi connectivity index (χ1n) is 10.4. The second-order valence-electron chi connectivity index (χ2n) is 7.63. The standard InChI is InChI=1S/C24H26N2O4S2/c1-15(27)25-18(21-6-4-10-31-21)14-23(28)26-9-8-16-12-19(29-2)20(30-3)13-17(16)24(26)22-7-5-11-32-22/h4-7,10-13,18,24H,8-9,14H2,1-3H3,(H,25,27)/t18-,24-/m0/s1. The lowest BCUT2D eigenvalue weighted by atomic mass is 9.90. The quantitative estimate of drug-likeness (QED) is 0.549. The number of benzene rings is 1. The normalized spacial score (nSPS) is 16.2. The molecular weight excluding hydrogens is 444 g/mol. The van der Waals surface area contributed by atoms with E-state index in [1.807, 2.05) is 46.0 Å². The monoisotopic (exact) mass is 470 g/mol. The molecule has 168 valence electrons. The predicted molar refractivity (Wildman–Crippen MR) is 127 cm³/mol. The van der Waals surface area contributed by atoms with Gasteiger partial charge in [0.25, 0.3) is 0 Å². The molecular formula is C24H26N2O4S2. The minimum absolute atomic E-state index is 0.0102. The zero-order valence-corrected chi connectivity index (χ0v) is 19.9. The molecule has 0 spiro atoms. The molecule has 2 atom stereocenters. The van der Waals surface area contributed by atoms with Gasteiger partial charge in [0.05, 0.1) is 32.7 Å². The Morgan fingerprint density at radius 1 is 1.12 bits per heavy atom. The van der Waals surface area contributed by atoms with E-state index < -0.39 is 0 Å². The molecule has 6 nitrogen and oxygen atoms in total. The molecule has 3 heterocycles. The van der Waals surface area contributed by atoms with Crippen LogP contribution in [-0.2, 0) is 16.0 Å². The molecule has 2 amide bonds. The Kier molecular flexibility index (Phi) is 6.81. The van der Waals surface area contributed by atoms with Crippen molar-refractivity contribution in [1.29, 1.82) is 0 Å². The maximum atomic E-state index is 13.6. The first kappa shape index (κ1) is 22.4. The number of carbonyl (C=O) groups is 2. The number of hydrogen-bond donors (Lipinski definition) is 1. The fourth-order valence-corrected chi connectivity index (χ4v) is 5.85. The van der Waals surface area contributed by atoms with Crippen LogP contribution in [0.3, 0.4) is 0 Å². The highest BCUT2D eigenvalue weighted by Crippen LogP contribution is 2.42. The molecule has 0 saturated heterocycles. The summed E-state index contributed by atoms with van der Waals surface area (Å²) in [4.78, 5) is 29.4. The highest BCUT2D eigenvalue weighted by atomic mass is 32.1. The van der Waals surface area contributed by atoms with Gasteiger partial charge in [-0.25, -0.2) is 0 Å². The van der Waals surface area contributed by atoms with E-state index in [9.17, 15) is 9.59 Å². The topological polar surface area (TPSA) is 67.9 Å². The Labute approximate surface area is 195 Å². The van der Waals surface area contributed by atoms with E-state index in [4.69, 9.17) is 9.47 Å². The van der Waals surface area contributed by atoms with Gasteiger partial charge in [0.2, 0.25) is 11.8 Å². The summed E-state index contributed by atoms with van der Waals surface area (Å²) in [6.07, 6.45) is 0.942. The summed E-state index contributed by atoms with van der Waals surface area (Å²) >= 11 is 3.18. The average Bonchev–Trinajstić information content (AvgIpc) is 3.50. The van der Waals surface area contributed by atoms with E-state index in [0.29, 0.717) is 18.0 Å². The molecule has 0 aliphatic carbocycles. The number of amides is 2. The lowest BCUT2D eigenvalue weighted by Gasteiger charge is -2.38. The predicted octanol–water partition coefficient (Wildman–Crippen LogP) is 4.57. The van der Waals surface area contributed by atoms with E-state index in [-0.39, 0.29) is 30.3 Å². The number of thiophene rings is 2. The molecule has 0 radical (unpaired) electrons. The van der Waals surface area contributed by atoms with Crippen molar-refractivity contribution in [1.82, 2.24) is 10.2 Å². The van der Waals surface area contributed by atoms with Gasteiger partial charge in [-0.1, -0.05) is 12.1 Å². The number of rotatable bonds is 7. The van der Waals surface area contributed by atoms with E-state index in [1.54, 1.807) is 36.9 Å². The average molecular weight is 471 g/mol. The third-order valence-electron chi connectivity index (χ3n) is 5.65. The van der Waals surface area contributed by atoms with Gasteiger partial charge >= 0.3 is 0 Å². The number of ether oxygens (including phenoxy) is 2. The molecule has 0 fully saturated rings. The lowest BCUT2D eigenvalue weighted by molar-refractivity contribution is -0.134. The Morgan fingerprint density at radius 3 is 2.47 bits per heavy atom. The Bertz CT molecular complexity index is 1080. The molecule has 1 N–H and O–H groups in total. The first-order chi connectivity index (χ1) is 15.5. The second kappa shape index (κ2) is 9.75. The molecule has 1 aliphatic heterocycles. The summed E-state index contributed by atoms with van der Waals surface area (Å²) in [6, 6.07) is 11.4. The maximum Gasteiger partial charge on any atom is 0.225 e. The smallest absolute Gasteiger partial charge is 0.225 e. The molecule has 1 aliphatic rings.